The molecule has 3 N–H and O–H groups in total. The van der Waals surface area contributed by atoms with E-state index in [1.165, 1.54) is 225 Å². The van der Waals surface area contributed by atoms with E-state index in [0.29, 0.717) is 0 Å². The molecular weight excluding hydrogens is 815 g/mol. The molecule has 0 saturated heterocycles. The van der Waals surface area contributed by atoms with Gasteiger partial charge < -0.3 is 0 Å². The normalized spacial score (nSPS) is 12.3. The van der Waals surface area contributed by atoms with Crippen molar-refractivity contribution in [2.45, 2.75) is 304 Å². The van der Waals surface area contributed by atoms with Gasteiger partial charge in [0.2, 0.25) is 0 Å². The predicted octanol–water partition coefficient (Wildman–Crippen LogP) is 17.8. The Bertz CT molecular complexity index is 710. The summed E-state index contributed by atoms with van der Waals surface area (Å²) in [7, 11) is -3.77. The summed E-state index contributed by atoms with van der Waals surface area (Å²) >= 11 is -3.72. The van der Waals surface area contributed by atoms with Crippen molar-refractivity contribution in [1.82, 2.24) is 0 Å². The second kappa shape index (κ2) is 53.5. The summed E-state index contributed by atoms with van der Waals surface area (Å²) in [5.74, 6) is 0. The monoisotopic (exact) mass is 929 g/mol. The van der Waals surface area contributed by atoms with Crippen molar-refractivity contribution >= 4 is 7.94 Å². The van der Waals surface area contributed by atoms with Crippen LogP contribution < -0.4 is 0 Å². The van der Waals surface area contributed by atoms with E-state index in [2.05, 4.69) is 34.6 Å². The van der Waals surface area contributed by atoms with Crippen LogP contribution in [-0.2, 0) is 31.4 Å². The first-order valence-electron chi connectivity index (χ1n) is 27.5. The zero-order chi connectivity index (χ0) is 45.1. The van der Waals surface area contributed by atoms with Crippen molar-refractivity contribution in [2.24, 2.45) is 0 Å². The van der Waals surface area contributed by atoms with Crippen molar-refractivity contribution in [3.63, 3.8) is 0 Å². The molecule has 61 heavy (non-hydrogen) atoms. The molecule has 0 heterocycles. The van der Waals surface area contributed by atoms with Gasteiger partial charge >= 0.3 is 339 Å². The quantitative estimate of drug-likeness (QED) is 0.0318. The van der Waals surface area contributed by atoms with Crippen LogP contribution in [0.5, 0.6) is 0 Å². The summed E-state index contributed by atoms with van der Waals surface area (Å²) in [6, 6.07) is 0. The van der Waals surface area contributed by atoms with Gasteiger partial charge in [-0.15, -0.1) is 0 Å². The Hall–Kier alpha value is 0.864. The molecule has 0 aliphatic heterocycles. The van der Waals surface area contributed by atoms with Crippen LogP contribution in [0.2, 0.25) is 0 Å². The molecule has 9 heteroatoms. The summed E-state index contributed by atoms with van der Waals surface area (Å²) in [6.45, 7) is 14.2. The third-order valence-corrected chi connectivity index (χ3v) is 16.5. The fraction of sp³-hybridized carbons (Fsp3) is 1.00. The van der Waals surface area contributed by atoms with E-state index in [1.54, 1.807) is 0 Å². The first-order chi connectivity index (χ1) is 29.8. The van der Waals surface area contributed by atoms with E-state index in [1.807, 2.05) is 0 Å². The molecule has 0 rings (SSSR count). The second-order valence-corrected chi connectivity index (χ2v) is 23.9. The van der Waals surface area contributed by atoms with Crippen LogP contribution in [0.4, 0.5) is 0 Å². The SMILES string of the molecule is CCCCCCCCCCCCCCCCCCCC[PH](O)(O)O.CCCCCCCC[O][Ti]([O]CCCCCCCC)([O]CCCCCCCC)[O]CCCCCCCC. The van der Waals surface area contributed by atoms with E-state index in [-0.39, 0.29) is 6.16 Å². The zero-order valence-electron chi connectivity index (χ0n) is 42.2. The standard InChI is InChI=1S/C20H45O3P.4C8H17O.Ti/c1-2-3-4-5-6-7-8-9-10-11-12-13-14-15-16-17-18-19-20-24(21,22)23;4*1-2-3-4-5-6-7-8-9;/h21-24H,2-20H2,1H3;4*2-8H2,1H3;/q;4*-1;+4. The predicted molar refractivity (Wildman–Crippen MR) is 266 cm³/mol. The van der Waals surface area contributed by atoms with Crippen molar-refractivity contribution < 1.29 is 46.1 Å². The van der Waals surface area contributed by atoms with E-state index >= 15 is 0 Å². The first kappa shape index (κ1) is 63.9. The minimum atomic E-state index is -3.77. The second-order valence-electron chi connectivity index (χ2n) is 18.5. The Morgan fingerprint density at radius 1 is 0.246 bits per heavy atom. The van der Waals surface area contributed by atoms with Crippen LogP contribution in [0.15, 0.2) is 0 Å². The van der Waals surface area contributed by atoms with Crippen LogP contribution in [0.1, 0.15) is 304 Å². The number of hydrogen-bond acceptors (Lipinski definition) is 7. The molecule has 372 valence electrons. The van der Waals surface area contributed by atoms with Crippen LogP contribution in [0, 0.1) is 0 Å². The molecular formula is C52H113O7PTi. The summed E-state index contributed by atoms with van der Waals surface area (Å²) in [6.07, 6.45) is 54.3. The Balaban J connectivity index is 0. The minimum absolute atomic E-state index is 0.200. The molecule has 0 atom stereocenters. The molecule has 0 aliphatic rings. The van der Waals surface area contributed by atoms with Gasteiger partial charge in [0.1, 0.15) is 0 Å². The van der Waals surface area contributed by atoms with Gasteiger partial charge in [-0.05, 0) is 0 Å². The van der Waals surface area contributed by atoms with Gasteiger partial charge in [0.05, 0.1) is 0 Å². The topological polar surface area (TPSA) is 97.6 Å². The molecule has 7 nitrogen and oxygen atoms in total. The Morgan fingerprint density at radius 2 is 0.410 bits per heavy atom. The summed E-state index contributed by atoms with van der Waals surface area (Å²) in [5, 5.41) is 0. The zero-order valence-corrected chi connectivity index (χ0v) is 44.8. The maximum atomic E-state index is 8.90. The maximum absolute atomic E-state index is 8.90. The van der Waals surface area contributed by atoms with Crippen molar-refractivity contribution in [3.8, 4) is 0 Å². The van der Waals surface area contributed by atoms with Crippen LogP contribution in [-0.4, -0.2) is 47.3 Å². The molecule has 0 fully saturated rings. The third-order valence-electron chi connectivity index (χ3n) is 12.0. The van der Waals surface area contributed by atoms with Gasteiger partial charge in [-0.2, -0.15) is 0 Å². The third kappa shape index (κ3) is 55.1. The number of hydrogen-bond donors (Lipinski definition) is 3. The average molecular weight is 929 g/mol. The van der Waals surface area contributed by atoms with E-state index in [0.717, 1.165) is 71.4 Å². The van der Waals surface area contributed by atoms with E-state index < -0.39 is 26.1 Å². The van der Waals surface area contributed by atoms with Crippen LogP contribution >= 0.6 is 7.94 Å². The summed E-state index contributed by atoms with van der Waals surface area (Å²) in [4.78, 5) is 26.7. The number of rotatable bonds is 51. The number of unbranched alkanes of at least 4 members (excludes halogenated alkanes) is 37. The van der Waals surface area contributed by atoms with Crippen LogP contribution in [0.3, 0.4) is 0 Å². The molecule has 0 radical (unpaired) electrons. The Morgan fingerprint density at radius 3 is 0.590 bits per heavy atom. The summed E-state index contributed by atoms with van der Waals surface area (Å²) in [5.41, 5.74) is 0. The van der Waals surface area contributed by atoms with Crippen LogP contribution in [0.25, 0.3) is 0 Å². The molecule has 0 spiro atoms. The first-order valence-corrected chi connectivity index (χ1v) is 32.1. The molecule has 0 aromatic heterocycles. The van der Waals surface area contributed by atoms with Gasteiger partial charge in [0.25, 0.3) is 0 Å². The molecule has 0 saturated carbocycles. The van der Waals surface area contributed by atoms with E-state index in [4.69, 9.17) is 28.0 Å². The van der Waals surface area contributed by atoms with E-state index in [9.17, 15) is 0 Å². The fourth-order valence-corrected chi connectivity index (χ4v) is 11.8. The van der Waals surface area contributed by atoms with Crippen molar-refractivity contribution in [1.29, 1.82) is 0 Å². The van der Waals surface area contributed by atoms with Gasteiger partial charge in [-0.3, -0.25) is 0 Å². The van der Waals surface area contributed by atoms with Gasteiger partial charge in [-0.25, -0.2) is 0 Å². The fourth-order valence-electron chi connectivity index (χ4n) is 7.83. The van der Waals surface area contributed by atoms with Crippen molar-refractivity contribution in [3.05, 3.63) is 0 Å². The van der Waals surface area contributed by atoms with Gasteiger partial charge in [0, 0.05) is 0 Å². The molecule has 0 bridgehead atoms. The van der Waals surface area contributed by atoms with Gasteiger partial charge in [-0.1, -0.05) is 51.9 Å². The average Bonchev–Trinajstić information content (AvgIpc) is 3.24. The van der Waals surface area contributed by atoms with Crippen molar-refractivity contribution in [2.75, 3.05) is 32.6 Å². The van der Waals surface area contributed by atoms with Gasteiger partial charge in [0.15, 0.2) is 0 Å². The molecule has 0 aromatic carbocycles. The molecule has 0 amide bonds. The summed E-state index contributed by atoms with van der Waals surface area (Å²) < 4.78 is 26.0. The molecule has 0 aliphatic carbocycles. The molecule has 0 aromatic rings. The Kier molecular flexibility index (Phi) is 56.1. The molecule has 0 unspecified atom stereocenters. The Labute approximate surface area is 389 Å².